The summed E-state index contributed by atoms with van der Waals surface area (Å²) in [4.78, 5) is 5.76. The minimum absolute atomic E-state index is 0.890. The van der Waals surface area contributed by atoms with Crippen molar-refractivity contribution in [2.75, 3.05) is 7.11 Å². The van der Waals surface area contributed by atoms with Gasteiger partial charge in [0.2, 0.25) is 0 Å². The van der Waals surface area contributed by atoms with Crippen molar-refractivity contribution in [2.45, 2.75) is 16.7 Å². The average molecular weight is 269 g/mol. The number of fused-ring (bicyclic) bond motifs is 1. The number of rotatable bonds is 3. The molecule has 1 aromatic heterocycles. The van der Waals surface area contributed by atoms with Gasteiger partial charge in [-0.25, -0.2) is 0 Å². The van der Waals surface area contributed by atoms with Gasteiger partial charge in [-0.15, -0.1) is 0 Å². The van der Waals surface area contributed by atoms with Gasteiger partial charge in [-0.2, -0.15) is 0 Å². The van der Waals surface area contributed by atoms with Crippen LogP contribution in [0, 0.1) is 6.92 Å². The Bertz CT molecular complexity index is 718. The summed E-state index contributed by atoms with van der Waals surface area (Å²) in [5.74, 6) is 0.890. The van der Waals surface area contributed by atoms with Crippen molar-refractivity contribution in [3.05, 3.63) is 54.2 Å². The largest absolute Gasteiger partial charge is 0.497 e. The second-order valence-corrected chi connectivity index (χ2v) is 5.55. The SMILES string of the molecule is COc1cccc(Sc2c[nH]c3cccc(C)c23)c1. The van der Waals surface area contributed by atoms with E-state index in [9.17, 15) is 0 Å². The van der Waals surface area contributed by atoms with Crippen molar-refractivity contribution < 1.29 is 4.74 Å². The minimum Gasteiger partial charge on any atom is -0.497 e. The molecule has 0 aliphatic carbocycles. The molecule has 0 atom stereocenters. The lowest BCUT2D eigenvalue weighted by atomic mass is 10.1. The molecule has 2 nitrogen and oxygen atoms in total. The molecule has 3 rings (SSSR count). The number of aromatic amines is 1. The van der Waals surface area contributed by atoms with E-state index in [0.717, 1.165) is 5.75 Å². The van der Waals surface area contributed by atoms with E-state index >= 15 is 0 Å². The first-order valence-corrected chi connectivity index (χ1v) is 6.98. The highest BCUT2D eigenvalue weighted by Gasteiger charge is 2.08. The third-order valence-electron chi connectivity index (χ3n) is 3.15. The van der Waals surface area contributed by atoms with Crippen LogP contribution < -0.4 is 4.74 Å². The number of aromatic nitrogens is 1. The van der Waals surface area contributed by atoms with Crippen molar-refractivity contribution >= 4 is 22.7 Å². The highest BCUT2D eigenvalue weighted by molar-refractivity contribution is 7.99. The fourth-order valence-corrected chi connectivity index (χ4v) is 3.27. The first kappa shape index (κ1) is 12.2. The van der Waals surface area contributed by atoms with Crippen LogP contribution in [0.15, 0.2) is 58.5 Å². The van der Waals surface area contributed by atoms with Crippen LogP contribution in [0.4, 0.5) is 0 Å². The number of ether oxygens (including phenoxy) is 1. The number of hydrogen-bond acceptors (Lipinski definition) is 2. The predicted molar refractivity (Wildman–Crippen MR) is 80.2 cm³/mol. The molecule has 0 aliphatic rings. The maximum Gasteiger partial charge on any atom is 0.119 e. The van der Waals surface area contributed by atoms with Crippen LogP contribution in [0.1, 0.15) is 5.56 Å². The van der Waals surface area contributed by atoms with Crippen molar-refractivity contribution in [1.82, 2.24) is 4.98 Å². The zero-order chi connectivity index (χ0) is 13.2. The summed E-state index contributed by atoms with van der Waals surface area (Å²) in [6.07, 6.45) is 2.07. The molecule has 1 heterocycles. The van der Waals surface area contributed by atoms with E-state index in [1.165, 1.54) is 26.3 Å². The lowest BCUT2D eigenvalue weighted by Crippen LogP contribution is -1.82. The van der Waals surface area contributed by atoms with E-state index < -0.39 is 0 Å². The Morgan fingerprint density at radius 3 is 2.79 bits per heavy atom. The van der Waals surface area contributed by atoms with Crippen LogP contribution in [0.25, 0.3) is 10.9 Å². The van der Waals surface area contributed by atoms with Gasteiger partial charge in [0.15, 0.2) is 0 Å². The second kappa shape index (κ2) is 5.02. The first-order chi connectivity index (χ1) is 9.28. The number of methoxy groups -OCH3 is 1. The van der Waals surface area contributed by atoms with Crippen LogP contribution in [0.3, 0.4) is 0 Å². The Labute approximate surface area is 116 Å². The van der Waals surface area contributed by atoms with Crippen LogP contribution >= 0.6 is 11.8 Å². The van der Waals surface area contributed by atoms with Crippen molar-refractivity contribution in [1.29, 1.82) is 0 Å². The Morgan fingerprint density at radius 1 is 1.11 bits per heavy atom. The monoisotopic (exact) mass is 269 g/mol. The van der Waals surface area contributed by atoms with E-state index in [2.05, 4.69) is 48.4 Å². The fraction of sp³-hybridized carbons (Fsp3) is 0.125. The molecule has 0 fully saturated rings. The smallest absolute Gasteiger partial charge is 0.119 e. The molecule has 0 radical (unpaired) electrons. The number of aryl methyl sites for hydroxylation is 1. The molecule has 3 heteroatoms. The molecule has 96 valence electrons. The Balaban J connectivity index is 2.01. The summed E-state index contributed by atoms with van der Waals surface area (Å²) in [5.41, 5.74) is 2.48. The van der Waals surface area contributed by atoms with Crippen molar-refractivity contribution in [3.63, 3.8) is 0 Å². The highest BCUT2D eigenvalue weighted by Crippen LogP contribution is 2.36. The maximum atomic E-state index is 5.26. The van der Waals surface area contributed by atoms with Gasteiger partial charge in [0.1, 0.15) is 5.75 Å². The third-order valence-corrected chi connectivity index (χ3v) is 4.18. The molecule has 1 N–H and O–H groups in total. The molecule has 0 amide bonds. The van der Waals surface area contributed by atoms with Crippen LogP contribution in [-0.2, 0) is 0 Å². The van der Waals surface area contributed by atoms with E-state index in [-0.39, 0.29) is 0 Å². The fourth-order valence-electron chi connectivity index (χ4n) is 2.20. The molecular weight excluding hydrogens is 254 g/mol. The van der Waals surface area contributed by atoms with Gasteiger partial charge in [0.25, 0.3) is 0 Å². The van der Waals surface area contributed by atoms with Crippen molar-refractivity contribution in [2.24, 2.45) is 0 Å². The van der Waals surface area contributed by atoms with Gasteiger partial charge >= 0.3 is 0 Å². The highest BCUT2D eigenvalue weighted by atomic mass is 32.2. The number of benzene rings is 2. The zero-order valence-electron chi connectivity index (χ0n) is 10.9. The van der Waals surface area contributed by atoms with Gasteiger partial charge in [-0.05, 0) is 36.8 Å². The summed E-state index contributed by atoms with van der Waals surface area (Å²) in [6, 6.07) is 14.5. The van der Waals surface area contributed by atoms with Crippen LogP contribution in [-0.4, -0.2) is 12.1 Å². The van der Waals surface area contributed by atoms with Gasteiger partial charge in [-0.3, -0.25) is 0 Å². The molecule has 19 heavy (non-hydrogen) atoms. The summed E-state index contributed by atoms with van der Waals surface area (Å²) in [5, 5.41) is 1.30. The lowest BCUT2D eigenvalue weighted by molar-refractivity contribution is 0.413. The molecule has 0 spiro atoms. The maximum absolute atomic E-state index is 5.26. The Kier molecular flexibility index (Phi) is 3.22. The van der Waals surface area contributed by atoms with E-state index in [1.807, 2.05) is 12.1 Å². The molecule has 2 aromatic carbocycles. The summed E-state index contributed by atoms with van der Waals surface area (Å²) in [6.45, 7) is 2.14. The van der Waals surface area contributed by atoms with Gasteiger partial charge in [-0.1, -0.05) is 30.0 Å². The zero-order valence-corrected chi connectivity index (χ0v) is 11.8. The number of hydrogen-bond donors (Lipinski definition) is 1. The van der Waals surface area contributed by atoms with E-state index in [0.29, 0.717) is 0 Å². The lowest BCUT2D eigenvalue weighted by Gasteiger charge is -2.04. The quantitative estimate of drug-likeness (QED) is 0.749. The topological polar surface area (TPSA) is 25.0 Å². The Morgan fingerprint density at radius 2 is 1.95 bits per heavy atom. The standard InChI is InChI=1S/C16H15NOS/c1-11-5-3-8-14-16(11)15(10-17-14)19-13-7-4-6-12(9-13)18-2/h3-10,17H,1-2H3. The van der Waals surface area contributed by atoms with Gasteiger partial charge in [0, 0.05) is 26.9 Å². The molecule has 0 aliphatic heterocycles. The predicted octanol–water partition coefficient (Wildman–Crippen LogP) is 4.64. The molecular formula is C16H15NOS. The summed E-state index contributed by atoms with van der Waals surface area (Å²) in [7, 11) is 1.69. The minimum atomic E-state index is 0.890. The number of nitrogens with one attached hydrogen (secondary N) is 1. The van der Waals surface area contributed by atoms with Crippen LogP contribution in [0.2, 0.25) is 0 Å². The summed E-state index contributed by atoms with van der Waals surface area (Å²) < 4.78 is 5.26. The van der Waals surface area contributed by atoms with Crippen molar-refractivity contribution in [3.8, 4) is 5.75 Å². The molecule has 0 unspecified atom stereocenters. The van der Waals surface area contributed by atoms with Crippen LogP contribution in [0.5, 0.6) is 5.75 Å². The normalized spacial score (nSPS) is 10.8. The second-order valence-electron chi connectivity index (χ2n) is 4.43. The summed E-state index contributed by atoms with van der Waals surface area (Å²) >= 11 is 1.76. The van der Waals surface area contributed by atoms with E-state index in [1.54, 1.807) is 18.9 Å². The first-order valence-electron chi connectivity index (χ1n) is 6.16. The average Bonchev–Trinajstić information content (AvgIpc) is 2.84. The third kappa shape index (κ3) is 2.34. The van der Waals surface area contributed by atoms with Gasteiger partial charge < -0.3 is 9.72 Å². The van der Waals surface area contributed by atoms with E-state index in [4.69, 9.17) is 4.74 Å². The Hall–Kier alpha value is -1.87. The molecule has 0 bridgehead atoms. The molecule has 0 saturated carbocycles. The van der Waals surface area contributed by atoms with Gasteiger partial charge in [0.05, 0.1) is 7.11 Å². The number of H-pyrrole nitrogens is 1. The molecule has 3 aromatic rings. The molecule has 0 saturated heterocycles.